The lowest BCUT2D eigenvalue weighted by Gasteiger charge is -2.36. The number of carbonyl (C=O) groups is 1. The Morgan fingerprint density at radius 1 is 1.17 bits per heavy atom. The van der Waals surface area contributed by atoms with Gasteiger partial charge in [0.1, 0.15) is 17.8 Å². The van der Waals surface area contributed by atoms with Crippen molar-refractivity contribution in [3.05, 3.63) is 18.1 Å². The van der Waals surface area contributed by atoms with E-state index < -0.39 is 0 Å². The van der Waals surface area contributed by atoms with Crippen molar-refractivity contribution in [3.8, 4) is 0 Å². The molecule has 0 spiro atoms. The van der Waals surface area contributed by atoms with Gasteiger partial charge in [-0.2, -0.15) is 0 Å². The second-order valence-electron chi connectivity index (χ2n) is 6.99. The van der Waals surface area contributed by atoms with Crippen LogP contribution in [0, 0.1) is 5.92 Å². The van der Waals surface area contributed by atoms with Gasteiger partial charge >= 0.3 is 0 Å². The van der Waals surface area contributed by atoms with Gasteiger partial charge in [-0.3, -0.25) is 4.79 Å². The first-order valence-corrected chi connectivity index (χ1v) is 9.07. The highest BCUT2D eigenvalue weighted by Crippen LogP contribution is 2.25. The number of amides is 1. The number of anilines is 1. The summed E-state index contributed by atoms with van der Waals surface area (Å²) < 4.78 is 0. The molecule has 1 unspecified atom stereocenters. The highest BCUT2D eigenvalue weighted by Gasteiger charge is 2.25. The number of carbonyl (C=O) groups excluding carboxylic acids is 1. The zero-order chi connectivity index (χ0) is 16.2. The maximum atomic E-state index is 12.7. The molecule has 23 heavy (non-hydrogen) atoms. The number of rotatable bonds is 3. The molecule has 1 atom stereocenters. The minimum absolute atomic E-state index is 0.0607. The molecule has 0 bridgehead atoms. The van der Waals surface area contributed by atoms with Crippen molar-refractivity contribution in [3.63, 3.8) is 0 Å². The lowest BCUT2D eigenvalue weighted by molar-refractivity contribution is 0.0691. The SMILES string of the molecule is CCC1CCCCN1c1cc(C(=O)N2CCC(C)CC2)ncn1. The fourth-order valence-electron chi connectivity index (χ4n) is 3.72. The van der Waals surface area contributed by atoms with Crippen LogP contribution in [0.1, 0.15) is 62.9 Å². The van der Waals surface area contributed by atoms with Gasteiger partial charge < -0.3 is 9.80 Å². The van der Waals surface area contributed by atoms with E-state index in [0.717, 1.165) is 50.6 Å². The number of aromatic nitrogens is 2. The van der Waals surface area contributed by atoms with Gasteiger partial charge in [-0.1, -0.05) is 13.8 Å². The Kier molecular flexibility index (Phi) is 5.13. The van der Waals surface area contributed by atoms with E-state index in [4.69, 9.17) is 0 Å². The zero-order valence-electron chi connectivity index (χ0n) is 14.4. The molecule has 0 N–H and O–H groups in total. The highest BCUT2D eigenvalue weighted by atomic mass is 16.2. The number of hydrogen-bond acceptors (Lipinski definition) is 4. The molecular weight excluding hydrogens is 288 g/mol. The molecule has 126 valence electrons. The Bertz CT molecular complexity index is 540. The first-order valence-electron chi connectivity index (χ1n) is 9.07. The monoisotopic (exact) mass is 316 g/mol. The molecule has 2 aliphatic heterocycles. The third-order valence-electron chi connectivity index (χ3n) is 5.34. The normalized spacial score (nSPS) is 23.1. The van der Waals surface area contributed by atoms with Crippen molar-refractivity contribution in [2.45, 2.75) is 58.4 Å². The van der Waals surface area contributed by atoms with E-state index in [0.29, 0.717) is 11.7 Å². The van der Waals surface area contributed by atoms with Crippen LogP contribution in [0.15, 0.2) is 12.4 Å². The molecule has 0 radical (unpaired) electrons. The minimum Gasteiger partial charge on any atom is -0.354 e. The summed E-state index contributed by atoms with van der Waals surface area (Å²) in [5, 5.41) is 0. The topological polar surface area (TPSA) is 49.3 Å². The van der Waals surface area contributed by atoms with Crippen molar-refractivity contribution < 1.29 is 4.79 Å². The van der Waals surface area contributed by atoms with Crippen molar-refractivity contribution in [2.24, 2.45) is 5.92 Å². The first-order chi connectivity index (χ1) is 11.2. The van der Waals surface area contributed by atoms with Crippen LogP contribution in [0.5, 0.6) is 0 Å². The second kappa shape index (κ2) is 7.28. The van der Waals surface area contributed by atoms with Crippen LogP contribution >= 0.6 is 0 Å². The van der Waals surface area contributed by atoms with Gasteiger partial charge in [-0.15, -0.1) is 0 Å². The van der Waals surface area contributed by atoms with E-state index in [1.54, 1.807) is 6.33 Å². The van der Waals surface area contributed by atoms with Crippen LogP contribution in [-0.4, -0.2) is 46.5 Å². The van der Waals surface area contributed by atoms with E-state index >= 15 is 0 Å². The van der Waals surface area contributed by atoms with E-state index in [-0.39, 0.29) is 5.91 Å². The number of hydrogen-bond donors (Lipinski definition) is 0. The standard InChI is InChI=1S/C18H28N4O/c1-3-15-6-4-5-9-22(15)17-12-16(19-13-20-17)18(23)21-10-7-14(2)8-11-21/h12-15H,3-11H2,1-2H3. The summed E-state index contributed by atoms with van der Waals surface area (Å²) in [4.78, 5) is 25.7. The van der Waals surface area contributed by atoms with Crippen molar-refractivity contribution in [2.75, 3.05) is 24.5 Å². The summed E-state index contributed by atoms with van der Waals surface area (Å²) in [5.41, 5.74) is 0.546. The summed E-state index contributed by atoms with van der Waals surface area (Å²) in [6, 6.07) is 2.44. The Balaban J connectivity index is 1.75. The van der Waals surface area contributed by atoms with Crippen molar-refractivity contribution >= 4 is 11.7 Å². The molecule has 0 aromatic carbocycles. The van der Waals surface area contributed by atoms with Crippen LogP contribution in [0.3, 0.4) is 0 Å². The Hall–Kier alpha value is -1.65. The van der Waals surface area contributed by atoms with Crippen molar-refractivity contribution in [1.29, 1.82) is 0 Å². The third kappa shape index (κ3) is 3.65. The van der Waals surface area contributed by atoms with Gasteiger partial charge in [0.25, 0.3) is 5.91 Å². The van der Waals surface area contributed by atoms with Gasteiger partial charge in [0, 0.05) is 31.7 Å². The summed E-state index contributed by atoms with van der Waals surface area (Å²) in [7, 11) is 0. The molecule has 1 aromatic rings. The van der Waals surface area contributed by atoms with Crippen LogP contribution in [-0.2, 0) is 0 Å². The van der Waals surface area contributed by atoms with Gasteiger partial charge in [0.2, 0.25) is 0 Å². The maximum absolute atomic E-state index is 12.7. The summed E-state index contributed by atoms with van der Waals surface area (Å²) in [6.07, 6.45) is 8.56. The maximum Gasteiger partial charge on any atom is 0.272 e. The minimum atomic E-state index is 0.0607. The van der Waals surface area contributed by atoms with Gasteiger partial charge in [0.15, 0.2) is 0 Å². The molecule has 5 heteroatoms. The fraction of sp³-hybridized carbons (Fsp3) is 0.722. The summed E-state index contributed by atoms with van der Waals surface area (Å²) in [6.45, 7) is 7.21. The highest BCUT2D eigenvalue weighted by molar-refractivity contribution is 5.93. The third-order valence-corrected chi connectivity index (χ3v) is 5.34. The number of piperidine rings is 2. The molecule has 0 aliphatic carbocycles. The number of likely N-dealkylation sites (tertiary alicyclic amines) is 1. The molecule has 2 aliphatic rings. The quantitative estimate of drug-likeness (QED) is 0.859. The van der Waals surface area contributed by atoms with Crippen LogP contribution in [0.2, 0.25) is 0 Å². The largest absolute Gasteiger partial charge is 0.354 e. The summed E-state index contributed by atoms with van der Waals surface area (Å²) in [5.74, 6) is 1.70. The lowest BCUT2D eigenvalue weighted by Crippen LogP contribution is -2.40. The molecule has 2 saturated heterocycles. The van der Waals surface area contributed by atoms with Crippen LogP contribution in [0.25, 0.3) is 0 Å². The lowest BCUT2D eigenvalue weighted by atomic mass is 9.99. The van der Waals surface area contributed by atoms with E-state index in [1.165, 1.54) is 19.3 Å². The summed E-state index contributed by atoms with van der Waals surface area (Å²) >= 11 is 0. The molecule has 1 aromatic heterocycles. The molecule has 0 saturated carbocycles. The first kappa shape index (κ1) is 16.2. The van der Waals surface area contributed by atoms with Crippen LogP contribution < -0.4 is 4.90 Å². The predicted octanol–water partition coefficient (Wildman–Crippen LogP) is 3.12. The molecule has 1 amide bonds. The molecule has 3 heterocycles. The van der Waals surface area contributed by atoms with Crippen molar-refractivity contribution in [1.82, 2.24) is 14.9 Å². The molecular formula is C18H28N4O. The number of nitrogens with zero attached hydrogens (tertiary/aromatic N) is 4. The predicted molar refractivity (Wildman–Crippen MR) is 91.6 cm³/mol. The second-order valence-corrected chi connectivity index (χ2v) is 6.99. The fourth-order valence-corrected chi connectivity index (χ4v) is 3.72. The van der Waals surface area contributed by atoms with Gasteiger partial charge in [-0.25, -0.2) is 9.97 Å². The van der Waals surface area contributed by atoms with E-state index in [9.17, 15) is 4.79 Å². The van der Waals surface area contributed by atoms with E-state index in [1.807, 2.05) is 11.0 Å². The average molecular weight is 316 g/mol. The molecule has 3 rings (SSSR count). The Labute approximate surface area is 139 Å². The van der Waals surface area contributed by atoms with E-state index in [2.05, 4.69) is 28.7 Å². The molecule has 2 fully saturated rings. The van der Waals surface area contributed by atoms with Gasteiger partial charge in [-0.05, 0) is 44.4 Å². The Morgan fingerprint density at radius 3 is 2.70 bits per heavy atom. The molecule has 5 nitrogen and oxygen atoms in total. The van der Waals surface area contributed by atoms with Gasteiger partial charge in [0.05, 0.1) is 0 Å². The average Bonchev–Trinajstić information content (AvgIpc) is 2.62. The van der Waals surface area contributed by atoms with Crippen LogP contribution in [0.4, 0.5) is 5.82 Å². The zero-order valence-corrected chi connectivity index (χ0v) is 14.4. The Morgan fingerprint density at radius 2 is 1.96 bits per heavy atom. The smallest absolute Gasteiger partial charge is 0.272 e.